The number of hydrogen-bond donors (Lipinski definition) is 0. The highest BCUT2D eigenvalue weighted by atomic mass is 16.6. The summed E-state index contributed by atoms with van der Waals surface area (Å²) in [4.78, 5) is 11.6. The van der Waals surface area contributed by atoms with Crippen LogP contribution in [-0.2, 0) is 14.3 Å². The van der Waals surface area contributed by atoms with Crippen molar-refractivity contribution in [2.75, 3.05) is 21.3 Å². The lowest BCUT2D eigenvalue weighted by atomic mass is 9.94. The van der Waals surface area contributed by atoms with E-state index >= 15 is 0 Å². The third kappa shape index (κ3) is 4.16. The fraction of sp³-hybridized carbons (Fsp3) is 0.312. The molecule has 0 heterocycles. The lowest BCUT2D eigenvalue weighted by Crippen LogP contribution is -2.08. The van der Waals surface area contributed by atoms with Gasteiger partial charge in [0.05, 0.1) is 21.3 Å². The lowest BCUT2D eigenvalue weighted by molar-refractivity contribution is -0.139. The number of ether oxygens (including phenoxy) is 3. The fourth-order valence-corrected chi connectivity index (χ4v) is 1.83. The maximum atomic E-state index is 11.6. The molecule has 4 heteroatoms. The zero-order chi connectivity index (χ0) is 15.0. The second-order valence-corrected chi connectivity index (χ2v) is 4.13. The molecule has 0 amide bonds. The number of carbonyl (C=O) groups is 1. The summed E-state index contributed by atoms with van der Waals surface area (Å²) < 4.78 is 14.9. The summed E-state index contributed by atoms with van der Waals surface area (Å²) in [5.74, 6) is 0.479. The first-order valence-electron chi connectivity index (χ1n) is 6.25. The Morgan fingerprint density at radius 2 is 1.85 bits per heavy atom. The van der Waals surface area contributed by atoms with Crippen molar-refractivity contribution >= 4 is 5.97 Å². The van der Waals surface area contributed by atoms with Crippen molar-refractivity contribution in [1.82, 2.24) is 0 Å². The molecule has 0 N–H and O–H groups in total. The van der Waals surface area contributed by atoms with Gasteiger partial charge in [-0.3, -0.25) is 0 Å². The molecule has 20 heavy (non-hydrogen) atoms. The van der Waals surface area contributed by atoms with Crippen LogP contribution in [0.15, 0.2) is 48.8 Å². The number of allylic oxidation sites excluding steroid dienone is 2. The Kier molecular flexibility index (Phi) is 6.37. The van der Waals surface area contributed by atoms with Crippen molar-refractivity contribution < 1.29 is 19.0 Å². The largest absolute Gasteiger partial charge is 0.497 e. The van der Waals surface area contributed by atoms with Gasteiger partial charge < -0.3 is 14.2 Å². The Hall–Kier alpha value is -2.23. The van der Waals surface area contributed by atoms with E-state index < -0.39 is 5.97 Å². The van der Waals surface area contributed by atoms with E-state index in [2.05, 4.69) is 11.3 Å². The quantitative estimate of drug-likeness (QED) is 0.332. The average Bonchev–Trinajstić information content (AvgIpc) is 2.50. The van der Waals surface area contributed by atoms with Gasteiger partial charge in [-0.05, 0) is 30.2 Å². The van der Waals surface area contributed by atoms with E-state index in [0.717, 1.165) is 11.3 Å². The Balaban J connectivity index is 3.05. The van der Waals surface area contributed by atoms with Crippen LogP contribution < -0.4 is 4.74 Å². The van der Waals surface area contributed by atoms with E-state index in [1.807, 2.05) is 24.3 Å². The minimum absolute atomic E-state index is 0.00699. The normalized spacial score (nSPS) is 12.4. The molecule has 4 nitrogen and oxygen atoms in total. The van der Waals surface area contributed by atoms with E-state index in [0.29, 0.717) is 6.42 Å². The predicted molar refractivity (Wildman–Crippen MR) is 77.7 cm³/mol. The van der Waals surface area contributed by atoms with E-state index in [4.69, 9.17) is 9.47 Å². The van der Waals surface area contributed by atoms with Gasteiger partial charge >= 0.3 is 5.97 Å². The summed E-state index contributed by atoms with van der Waals surface area (Å²) in [5, 5.41) is 0. The van der Waals surface area contributed by atoms with Gasteiger partial charge in [-0.25, -0.2) is 4.79 Å². The average molecular weight is 276 g/mol. The van der Waals surface area contributed by atoms with E-state index in [-0.39, 0.29) is 11.7 Å². The highest BCUT2D eigenvalue weighted by Gasteiger charge is 2.15. The summed E-state index contributed by atoms with van der Waals surface area (Å²) in [7, 11) is 4.39. The molecular weight excluding hydrogens is 256 g/mol. The molecule has 1 aromatic carbocycles. The maximum absolute atomic E-state index is 11.6. The highest BCUT2D eigenvalue weighted by Crippen LogP contribution is 2.25. The summed E-state index contributed by atoms with van der Waals surface area (Å²) in [6, 6.07) is 7.66. The molecule has 0 spiro atoms. The van der Waals surface area contributed by atoms with Crippen LogP contribution >= 0.6 is 0 Å². The van der Waals surface area contributed by atoms with Gasteiger partial charge in [-0.1, -0.05) is 18.2 Å². The topological polar surface area (TPSA) is 44.8 Å². The van der Waals surface area contributed by atoms with Gasteiger partial charge in [0.25, 0.3) is 0 Å². The Labute approximate surface area is 119 Å². The first kappa shape index (κ1) is 15.8. The first-order valence-corrected chi connectivity index (χ1v) is 6.25. The van der Waals surface area contributed by atoms with Gasteiger partial charge in [-0.15, -0.1) is 6.58 Å². The second kappa shape index (κ2) is 8.04. The summed E-state index contributed by atoms with van der Waals surface area (Å²) >= 11 is 0. The van der Waals surface area contributed by atoms with Crippen LogP contribution in [0.1, 0.15) is 17.9 Å². The van der Waals surface area contributed by atoms with Gasteiger partial charge in [0.1, 0.15) is 5.75 Å². The van der Waals surface area contributed by atoms with Crippen LogP contribution in [0.2, 0.25) is 0 Å². The van der Waals surface area contributed by atoms with Gasteiger partial charge in [0, 0.05) is 5.92 Å². The molecule has 0 bridgehead atoms. The minimum atomic E-state index is -0.491. The zero-order valence-electron chi connectivity index (χ0n) is 12.1. The maximum Gasteiger partial charge on any atom is 0.372 e. The Bertz CT molecular complexity index is 474. The number of hydrogen-bond acceptors (Lipinski definition) is 4. The molecule has 0 aromatic heterocycles. The van der Waals surface area contributed by atoms with Crippen molar-refractivity contribution in [2.24, 2.45) is 0 Å². The number of rotatable bonds is 7. The van der Waals surface area contributed by atoms with E-state index in [1.54, 1.807) is 19.3 Å². The third-order valence-corrected chi connectivity index (χ3v) is 2.92. The molecule has 1 atom stereocenters. The van der Waals surface area contributed by atoms with Crippen molar-refractivity contribution in [1.29, 1.82) is 0 Å². The molecule has 0 aliphatic rings. The number of methoxy groups -OCH3 is 3. The number of esters is 1. The van der Waals surface area contributed by atoms with Crippen LogP contribution in [0.25, 0.3) is 0 Å². The van der Waals surface area contributed by atoms with Crippen LogP contribution in [0.5, 0.6) is 5.75 Å². The molecule has 0 aliphatic heterocycles. The molecule has 0 radical (unpaired) electrons. The van der Waals surface area contributed by atoms with Crippen molar-refractivity contribution in [2.45, 2.75) is 12.3 Å². The zero-order valence-corrected chi connectivity index (χ0v) is 12.1. The van der Waals surface area contributed by atoms with E-state index in [1.165, 1.54) is 14.2 Å². The monoisotopic (exact) mass is 276 g/mol. The molecular formula is C16H20O4. The molecule has 1 unspecified atom stereocenters. The third-order valence-electron chi connectivity index (χ3n) is 2.92. The van der Waals surface area contributed by atoms with Gasteiger partial charge in [0.2, 0.25) is 5.76 Å². The fourth-order valence-electron chi connectivity index (χ4n) is 1.83. The van der Waals surface area contributed by atoms with Gasteiger partial charge in [-0.2, -0.15) is 0 Å². The Morgan fingerprint density at radius 1 is 1.20 bits per heavy atom. The molecule has 0 aliphatic carbocycles. The Morgan fingerprint density at radius 3 is 2.30 bits per heavy atom. The highest BCUT2D eigenvalue weighted by molar-refractivity contribution is 5.86. The number of benzene rings is 1. The van der Waals surface area contributed by atoms with Gasteiger partial charge in [0.15, 0.2) is 0 Å². The summed E-state index contributed by atoms with van der Waals surface area (Å²) in [6.07, 6.45) is 4.24. The first-order chi connectivity index (χ1) is 9.65. The summed E-state index contributed by atoms with van der Waals surface area (Å²) in [5.41, 5.74) is 1.05. The molecule has 0 saturated carbocycles. The van der Waals surface area contributed by atoms with E-state index in [9.17, 15) is 4.79 Å². The smallest absolute Gasteiger partial charge is 0.372 e. The van der Waals surface area contributed by atoms with Crippen LogP contribution in [0, 0.1) is 0 Å². The van der Waals surface area contributed by atoms with Crippen molar-refractivity contribution in [3.05, 3.63) is 54.3 Å². The lowest BCUT2D eigenvalue weighted by Gasteiger charge is -2.13. The molecule has 108 valence electrons. The minimum Gasteiger partial charge on any atom is -0.497 e. The van der Waals surface area contributed by atoms with Crippen molar-refractivity contribution in [3.63, 3.8) is 0 Å². The van der Waals surface area contributed by atoms with Crippen LogP contribution in [0.3, 0.4) is 0 Å². The molecule has 1 rings (SSSR count). The molecule has 0 fully saturated rings. The SMILES string of the molecule is C=CCC(/C=C(\OC)C(=O)OC)c1ccc(OC)cc1. The molecule has 1 aromatic rings. The van der Waals surface area contributed by atoms with Crippen LogP contribution in [0.4, 0.5) is 0 Å². The van der Waals surface area contributed by atoms with Crippen LogP contribution in [-0.4, -0.2) is 27.3 Å². The summed E-state index contributed by atoms with van der Waals surface area (Å²) in [6.45, 7) is 3.75. The second-order valence-electron chi connectivity index (χ2n) is 4.13. The number of carbonyl (C=O) groups excluding carboxylic acids is 1. The standard InChI is InChI=1S/C16H20O4/c1-5-6-13(11-15(19-3)16(17)20-4)12-7-9-14(18-2)10-8-12/h5,7-11,13H,1,6H2,2-4H3/b15-11-. The van der Waals surface area contributed by atoms with Crippen molar-refractivity contribution in [3.8, 4) is 5.75 Å². The molecule has 0 saturated heterocycles. The predicted octanol–water partition coefficient (Wildman–Crippen LogP) is 3.06.